The van der Waals surface area contributed by atoms with Gasteiger partial charge in [0.1, 0.15) is 0 Å². The first-order chi connectivity index (χ1) is 15.1. The maximum Gasteiger partial charge on any atom is -1.00 e. The van der Waals surface area contributed by atoms with Gasteiger partial charge in [0.15, 0.2) is 0 Å². The smallest absolute Gasteiger partial charge is 1.00 e. The van der Waals surface area contributed by atoms with Crippen molar-refractivity contribution in [3.63, 3.8) is 0 Å². The fourth-order valence-corrected chi connectivity index (χ4v) is 22.9. The molecule has 0 spiro atoms. The third kappa shape index (κ3) is 3.63. The molecule has 0 amide bonds. The predicted molar refractivity (Wildman–Crippen MR) is 130 cm³/mol. The van der Waals surface area contributed by atoms with Gasteiger partial charge in [0.05, 0.1) is 0 Å². The van der Waals surface area contributed by atoms with Crippen molar-refractivity contribution in [2.75, 3.05) is 0 Å². The molecule has 0 N–H and O–H groups in total. The van der Waals surface area contributed by atoms with Crippen LogP contribution in [0.4, 0.5) is 0 Å². The average molecular weight is 557 g/mol. The van der Waals surface area contributed by atoms with E-state index in [0.29, 0.717) is 0 Å². The fraction of sp³-hybridized carbons (Fsp3) is 0.467. The zero-order valence-electron chi connectivity index (χ0n) is 20.1. The van der Waals surface area contributed by atoms with Crippen LogP contribution in [0.3, 0.4) is 0 Å². The Bertz CT molecular complexity index is 1120. The number of aryl methyl sites for hydroxylation is 2. The summed E-state index contributed by atoms with van der Waals surface area (Å²) in [5.74, 6) is 0. The van der Waals surface area contributed by atoms with Crippen LogP contribution in [0, 0.1) is 0 Å². The monoisotopic (exact) mass is 554 g/mol. The van der Waals surface area contributed by atoms with Gasteiger partial charge < -0.3 is 24.8 Å². The van der Waals surface area contributed by atoms with Crippen molar-refractivity contribution in [3.8, 4) is 0 Å². The van der Waals surface area contributed by atoms with Crippen LogP contribution in [0.5, 0.6) is 0 Å². The van der Waals surface area contributed by atoms with Gasteiger partial charge in [-0.25, -0.2) is 0 Å². The molecule has 0 atom stereocenters. The summed E-state index contributed by atoms with van der Waals surface area (Å²) in [7, 11) is 0. The second kappa shape index (κ2) is 8.80. The largest absolute Gasteiger partial charge is 1.00 e. The number of hydrogen-bond acceptors (Lipinski definition) is 0. The van der Waals surface area contributed by atoms with Gasteiger partial charge in [-0.05, 0) is 0 Å². The molecule has 0 saturated carbocycles. The first-order valence-corrected chi connectivity index (χ1v) is 18.8. The minimum absolute atomic E-state index is 0. The first kappa shape index (κ1) is 24.1. The molecule has 1 heterocycles. The number of benzene rings is 2. The van der Waals surface area contributed by atoms with E-state index >= 15 is 0 Å². The molecular formula is C30H34Cl2Zr. The van der Waals surface area contributed by atoms with E-state index in [4.69, 9.17) is 0 Å². The van der Waals surface area contributed by atoms with Crippen LogP contribution in [0.1, 0.15) is 84.0 Å². The quantitative estimate of drug-likeness (QED) is 0.500. The van der Waals surface area contributed by atoms with Crippen LogP contribution in [0.15, 0.2) is 23.3 Å². The van der Waals surface area contributed by atoms with Crippen molar-refractivity contribution in [3.05, 3.63) is 67.8 Å². The van der Waals surface area contributed by atoms with E-state index in [-0.39, 0.29) is 24.8 Å². The molecule has 33 heavy (non-hydrogen) atoms. The molecule has 1 fully saturated rings. The third-order valence-electron chi connectivity index (χ3n) is 8.98. The fourth-order valence-electron chi connectivity index (χ4n) is 7.63. The van der Waals surface area contributed by atoms with Gasteiger partial charge in [0.2, 0.25) is 0 Å². The van der Waals surface area contributed by atoms with E-state index < -0.39 is 20.3 Å². The second-order valence-corrected chi connectivity index (χ2v) is 21.5. The predicted octanol–water partition coefficient (Wildman–Crippen LogP) is 0.326. The van der Waals surface area contributed by atoms with E-state index in [1.165, 1.54) is 64.2 Å². The molecule has 1 saturated heterocycles. The Morgan fingerprint density at radius 2 is 1.00 bits per heavy atom. The van der Waals surface area contributed by atoms with Crippen LogP contribution in [-0.4, -0.2) is 0 Å². The molecule has 4 aliphatic carbocycles. The SMILES string of the molecule is CC1=Cc2c(cc3c([c]2[Zr+2]2([c]4c5c(cc6c4CCCC6)CC(C)=C5)[CH2][CH2]2)CCCC3)C1.[Cl-].[Cl-]. The van der Waals surface area contributed by atoms with E-state index in [2.05, 4.69) is 38.1 Å². The van der Waals surface area contributed by atoms with Crippen molar-refractivity contribution in [1.82, 2.24) is 0 Å². The molecule has 0 nitrogen and oxygen atoms in total. The minimum atomic E-state index is -2.61. The Morgan fingerprint density at radius 1 is 0.576 bits per heavy atom. The number of allylic oxidation sites excluding steroid dienone is 2. The van der Waals surface area contributed by atoms with Crippen molar-refractivity contribution >= 4 is 18.7 Å². The third-order valence-corrected chi connectivity index (χ3v) is 20.2. The van der Waals surface area contributed by atoms with Crippen molar-refractivity contribution in [2.24, 2.45) is 0 Å². The van der Waals surface area contributed by atoms with E-state index in [0.717, 1.165) is 0 Å². The molecule has 2 aromatic rings. The van der Waals surface area contributed by atoms with Crippen molar-refractivity contribution < 1.29 is 45.1 Å². The minimum Gasteiger partial charge on any atom is -1.00 e. The zero-order chi connectivity index (χ0) is 20.7. The molecule has 0 aromatic heterocycles. The summed E-state index contributed by atoms with van der Waals surface area (Å²) in [4.78, 5) is 0. The van der Waals surface area contributed by atoms with Crippen molar-refractivity contribution in [1.29, 1.82) is 0 Å². The van der Waals surface area contributed by atoms with Crippen LogP contribution < -0.4 is 31.4 Å². The van der Waals surface area contributed by atoms with Gasteiger partial charge in [-0.2, -0.15) is 0 Å². The first-order valence-electron chi connectivity index (χ1n) is 12.8. The van der Waals surface area contributed by atoms with Crippen LogP contribution >= 0.6 is 0 Å². The van der Waals surface area contributed by atoms with Gasteiger partial charge in [-0.3, -0.25) is 0 Å². The zero-order valence-corrected chi connectivity index (χ0v) is 24.0. The van der Waals surface area contributed by atoms with Gasteiger partial charge in [0.25, 0.3) is 0 Å². The molecule has 0 unspecified atom stereocenters. The van der Waals surface area contributed by atoms with E-state index in [1.807, 2.05) is 17.7 Å². The molecule has 5 aliphatic rings. The van der Waals surface area contributed by atoms with Gasteiger partial charge in [-0.15, -0.1) is 0 Å². The summed E-state index contributed by atoms with van der Waals surface area (Å²) in [5.41, 5.74) is 17.2. The standard InChI is InChI=1S/2C14H15.C2H4.2ClH.Zr/c2*1-10-6-13-8-11-4-2-3-5-12(11)9-14(13)7-10;1-2;;;/h2*6,9H,2-5,7H2,1H3;1-2H2;2*1H;/q;;;;;+2/p-2. The van der Waals surface area contributed by atoms with E-state index in [9.17, 15) is 0 Å². The maximum absolute atomic E-state index is 2.64. The summed E-state index contributed by atoms with van der Waals surface area (Å²) in [6, 6.07) is 5.27. The second-order valence-electron chi connectivity index (χ2n) is 11.3. The van der Waals surface area contributed by atoms with E-state index in [1.54, 1.807) is 52.8 Å². The van der Waals surface area contributed by atoms with Gasteiger partial charge in [-0.1, -0.05) is 0 Å². The summed E-state index contributed by atoms with van der Waals surface area (Å²) in [5, 5.41) is 0. The maximum atomic E-state index is 2.64. The molecular weight excluding hydrogens is 522 g/mol. The summed E-state index contributed by atoms with van der Waals surface area (Å²) in [6.07, 6.45) is 18.7. The Hall–Kier alpha value is -0.617. The van der Waals surface area contributed by atoms with Crippen LogP contribution in [-0.2, 0) is 58.8 Å². The Morgan fingerprint density at radius 3 is 1.42 bits per heavy atom. The summed E-state index contributed by atoms with van der Waals surface area (Å²) < 4.78 is 7.13. The molecule has 2 aromatic carbocycles. The molecule has 172 valence electrons. The summed E-state index contributed by atoms with van der Waals surface area (Å²) >= 11 is -2.61. The topological polar surface area (TPSA) is 0 Å². The molecule has 0 bridgehead atoms. The Balaban J connectivity index is 0.00000114. The number of hydrogen-bond donors (Lipinski definition) is 0. The average Bonchev–Trinajstić information content (AvgIpc) is 3.33. The molecule has 7 rings (SSSR count). The van der Waals surface area contributed by atoms with Gasteiger partial charge in [0, 0.05) is 0 Å². The molecule has 0 radical (unpaired) electrons. The Labute approximate surface area is 216 Å². The van der Waals surface area contributed by atoms with Crippen LogP contribution in [0.2, 0.25) is 8.26 Å². The van der Waals surface area contributed by atoms with Crippen LogP contribution in [0.25, 0.3) is 12.2 Å². The normalized spacial score (nSPS) is 19.9. The number of rotatable bonds is 2. The number of fused-ring (bicyclic) bond motifs is 4. The Kier molecular flexibility index (Phi) is 6.42. The molecule has 1 aliphatic heterocycles. The summed E-state index contributed by atoms with van der Waals surface area (Å²) in [6.45, 7) is 4.73. The number of halogens is 2. The molecule has 3 heteroatoms. The van der Waals surface area contributed by atoms with Gasteiger partial charge >= 0.3 is 193 Å². The van der Waals surface area contributed by atoms with Crippen molar-refractivity contribution in [2.45, 2.75) is 86.3 Å².